The Labute approximate surface area is 105 Å². The summed E-state index contributed by atoms with van der Waals surface area (Å²) in [6.07, 6.45) is 6.11. The van der Waals surface area contributed by atoms with Crippen molar-refractivity contribution in [3.05, 3.63) is 24.0 Å². The molecule has 1 rings (SSSR count). The number of hydrogen-bond donors (Lipinski definition) is 2. The zero-order valence-electron chi connectivity index (χ0n) is 11.3. The minimum Gasteiger partial charge on any atom is -0.392 e. The predicted molar refractivity (Wildman–Crippen MR) is 71.9 cm³/mol. The summed E-state index contributed by atoms with van der Waals surface area (Å²) in [5, 5.41) is 13.3. The molecule has 1 aromatic rings. The third kappa shape index (κ3) is 4.52. The molecule has 0 spiro atoms. The fraction of sp³-hybridized carbons (Fsp3) is 0.714. The van der Waals surface area contributed by atoms with Gasteiger partial charge in [0.2, 0.25) is 0 Å². The summed E-state index contributed by atoms with van der Waals surface area (Å²) in [5.41, 5.74) is 1.28. The fourth-order valence-corrected chi connectivity index (χ4v) is 2.16. The minimum absolute atomic E-state index is 0.224. The lowest BCUT2D eigenvalue weighted by Gasteiger charge is -2.20. The molecule has 17 heavy (non-hydrogen) atoms. The zero-order chi connectivity index (χ0) is 12.7. The number of aliphatic hydroxyl groups excluding tert-OH is 1. The second-order valence-electron chi connectivity index (χ2n) is 4.63. The third-order valence-corrected chi connectivity index (χ3v) is 3.45. The van der Waals surface area contributed by atoms with Gasteiger partial charge >= 0.3 is 0 Å². The molecule has 0 fully saturated rings. The molecule has 1 atom stereocenters. The Balaban J connectivity index is 2.27. The maximum Gasteiger partial charge on any atom is 0.0692 e. The molecule has 0 aliphatic heterocycles. The quantitative estimate of drug-likeness (QED) is 0.729. The lowest BCUT2D eigenvalue weighted by molar-refractivity contribution is 0.101. The molecule has 3 nitrogen and oxygen atoms in total. The van der Waals surface area contributed by atoms with E-state index in [1.807, 2.05) is 0 Å². The van der Waals surface area contributed by atoms with E-state index >= 15 is 0 Å². The van der Waals surface area contributed by atoms with Crippen LogP contribution in [0.15, 0.2) is 18.5 Å². The van der Waals surface area contributed by atoms with Gasteiger partial charge in [-0.3, -0.25) is 0 Å². The Morgan fingerprint density at radius 3 is 2.53 bits per heavy atom. The average Bonchev–Trinajstić information content (AvgIpc) is 2.78. The molecule has 0 saturated heterocycles. The molecule has 0 amide bonds. The maximum atomic E-state index is 9.97. The molecule has 3 heteroatoms. The number of hydrogen-bond acceptors (Lipinski definition) is 2. The van der Waals surface area contributed by atoms with Gasteiger partial charge in [0, 0.05) is 32.0 Å². The van der Waals surface area contributed by atoms with Crippen LogP contribution in [0.4, 0.5) is 0 Å². The van der Waals surface area contributed by atoms with Crippen molar-refractivity contribution in [2.24, 2.45) is 5.92 Å². The Bertz CT molecular complexity index is 305. The minimum atomic E-state index is -0.224. The molecule has 98 valence electrons. The predicted octanol–water partition coefficient (Wildman–Crippen LogP) is 2.39. The van der Waals surface area contributed by atoms with E-state index in [0.717, 1.165) is 25.9 Å². The molecule has 0 aliphatic rings. The highest BCUT2D eigenvalue weighted by molar-refractivity contribution is 5.09. The SMILES string of the molecule is CCC(CC)C(O)CNCc1ccn(CC)c1. The third-order valence-electron chi connectivity index (χ3n) is 3.45. The molecule has 1 aromatic heterocycles. The molecule has 0 saturated carbocycles. The molecular weight excluding hydrogens is 212 g/mol. The fourth-order valence-electron chi connectivity index (χ4n) is 2.16. The summed E-state index contributed by atoms with van der Waals surface area (Å²) in [6, 6.07) is 2.13. The van der Waals surface area contributed by atoms with Crippen molar-refractivity contribution in [2.75, 3.05) is 6.54 Å². The van der Waals surface area contributed by atoms with Crippen molar-refractivity contribution < 1.29 is 5.11 Å². The number of aliphatic hydroxyl groups is 1. The zero-order valence-corrected chi connectivity index (χ0v) is 11.3. The highest BCUT2D eigenvalue weighted by atomic mass is 16.3. The van der Waals surface area contributed by atoms with Crippen LogP contribution in [0.5, 0.6) is 0 Å². The highest BCUT2D eigenvalue weighted by Gasteiger charge is 2.14. The molecule has 0 aromatic carbocycles. The van der Waals surface area contributed by atoms with Crippen LogP contribution in [-0.4, -0.2) is 22.3 Å². The van der Waals surface area contributed by atoms with Crippen molar-refractivity contribution in [3.63, 3.8) is 0 Å². The van der Waals surface area contributed by atoms with E-state index in [0.29, 0.717) is 12.5 Å². The molecule has 0 radical (unpaired) electrons. The van der Waals surface area contributed by atoms with Gasteiger partial charge in [-0.05, 0) is 24.5 Å². The molecule has 1 unspecified atom stereocenters. The Morgan fingerprint density at radius 2 is 2.00 bits per heavy atom. The number of rotatable bonds is 8. The van der Waals surface area contributed by atoms with Gasteiger partial charge in [-0.15, -0.1) is 0 Å². The van der Waals surface area contributed by atoms with Gasteiger partial charge in [-0.1, -0.05) is 26.7 Å². The average molecular weight is 238 g/mol. The number of nitrogens with one attached hydrogen (secondary N) is 1. The lowest BCUT2D eigenvalue weighted by Crippen LogP contribution is -2.32. The maximum absolute atomic E-state index is 9.97. The monoisotopic (exact) mass is 238 g/mol. The molecular formula is C14H26N2O. The highest BCUT2D eigenvalue weighted by Crippen LogP contribution is 2.12. The van der Waals surface area contributed by atoms with Crippen molar-refractivity contribution in [1.82, 2.24) is 9.88 Å². The van der Waals surface area contributed by atoms with E-state index in [9.17, 15) is 5.11 Å². The largest absolute Gasteiger partial charge is 0.392 e. The van der Waals surface area contributed by atoms with Gasteiger partial charge in [-0.2, -0.15) is 0 Å². The summed E-state index contributed by atoms with van der Waals surface area (Å²) >= 11 is 0. The topological polar surface area (TPSA) is 37.2 Å². The van der Waals surface area contributed by atoms with E-state index in [1.165, 1.54) is 5.56 Å². The first-order chi connectivity index (χ1) is 8.21. The van der Waals surface area contributed by atoms with Gasteiger partial charge in [-0.25, -0.2) is 0 Å². The van der Waals surface area contributed by atoms with Crippen molar-refractivity contribution in [2.45, 2.75) is 52.8 Å². The Morgan fingerprint density at radius 1 is 1.29 bits per heavy atom. The van der Waals surface area contributed by atoms with Crippen LogP contribution >= 0.6 is 0 Å². The first kappa shape index (κ1) is 14.3. The summed E-state index contributed by atoms with van der Waals surface area (Å²) in [4.78, 5) is 0. The number of aryl methyl sites for hydroxylation is 1. The van der Waals surface area contributed by atoms with E-state index < -0.39 is 0 Å². The summed E-state index contributed by atoms with van der Waals surface area (Å²) in [5.74, 6) is 0.419. The van der Waals surface area contributed by atoms with Gasteiger partial charge in [0.05, 0.1) is 6.10 Å². The van der Waals surface area contributed by atoms with Crippen molar-refractivity contribution in [3.8, 4) is 0 Å². The summed E-state index contributed by atoms with van der Waals surface area (Å²) < 4.78 is 2.16. The molecule has 2 N–H and O–H groups in total. The van der Waals surface area contributed by atoms with E-state index in [-0.39, 0.29) is 6.10 Å². The summed E-state index contributed by atoms with van der Waals surface area (Å²) in [6.45, 7) is 8.94. The van der Waals surface area contributed by atoms with Crippen molar-refractivity contribution in [1.29, 1.82) is 0 Å². The van der Waals surface area contributed by atoms with Gasteiger partial charge < -0.3 is 15.0 Å². The van der Waals surface area contributed by atoms with E-state index in [4.69, 9.17) is 0 Å². The standard InChI is InChI=1S/C14H26N2O/c1-4-13(5-2)14(17)10-15-9-12-7-8-16(6-3)11-12/h7-8,11,13-15,17H,4-6,9-10H2,1-3H3. The van der Waals surface area contributed by atoms with Gasteiger partial charge in [0.1, 0.15) is 0 Å². The van der Waals surface area contributed by atoms with E-state index in [2.05, 4.69) is 49.1 Å². The van der Waals surface area contributed by atoms with Crippen LogP contribution in [0.2, 0.25) is 0 Å². The van der Waals surface area contributed by atoms with Crippen LogP contribution in [-0.2, 0) is 13.1 Å². The lowest BCUT2D eigenvalue weighted by atomic mass is 9.96. The van der Waals surface area contributed by atoms with Crippen LogP contribution < -0.4 is 5.32 Å². The van der Waals surface area contributed by atoms with Crippen LogP contribution in [0, 0.1) is 5.92 Å². The molecule has 1 heterocycles. The van der Waals surface area contributed by atoms with Crippen LogP contribution in [0.3, 0.4) is 0 Å². The Hall–Kier alpha value is -0.800. The number of nitrogens with zero attached hydrogens (tertiary/aromatic N) is 1. The second-order valence-corrected chi connectivity index (χ2v) is 4.63. The van der Waals surface area contributed by atoms with E-state index in [1.54, 1.807) is 0 Å². The normalized spacial score (nSPS) is 13.2. The second kappa shape index (κ2) is 7.51. The molecule has 0 bridgehead atoms. The van der Waals surface area contributed by atoms with Crippen LogP contribution in [0.25, 0.3) is 0 Å². The summed E-state index contributed by atoms with van der Waals surface area (Å²) in [7, 11) is 0. The first-order valence-electron chi connectivity index (χ1n) is 6.74. The first-order valence-corrected chi connectivity index (χ1v) is 6.74. The van der Waals surface area contributed by atoms with Crippen LogP contribution in [0.1, 0.15) is 39.2 Å². The smallest absolute Gasteiger partial charge is 0.0692 e. The molecule has 0 aliphatic carbocycles. The van der Waals surface area contributed by atoms with Gasteiger partial charge in [0.15, 0.2) is 0 Å². The van der Waals surface area contributed by atoms with Gasteiger partial charge in [0.25, 0.3) is 0 Å². The number of aromatic nitrogens is 1. The van der Waals surface area contributed by atoms with Crippen molar-refractivity contribution >= 4 is 0 Å². The Kier molecular flexibility index (Phi) is 6.30.